The van der Waals surface area contributed by atoms with Crippen molar-refractivity contribution in [1.82, 2.24) is 0 Å². The molecule has 0 saturated heterocycles. The number of benzene rings is 2. The Morgan fingerprint density at radius 3 is 2.35 bits per heavy atom. The molecule has 0 saturated carbocycles. The Labute approximate surface area is 126 Å². The van der Waals surface area contributed by atoms with Gasteiger partial charge in [0.1, 0.15) is 28.1 Å². The molecule has 0 bridgehead atoms. The number of aromatic hydroxyl groups is 3. The molecule has 23 heavy (non-hydrogen) atoms. The summed E-state index contributed by atoms with van der Waals surface area (Å²) in [5, 5.41) is 30.0. The van der Waals surface area contributed by atoms with E-state index < -0.39 is 22.8 Å². The highest BCUT2D eigenvalue weighted by molar-refractivity contribution is 6.20. The van der Waals surface area contributed by atoms with Crippen molar-refractivity contribution in [2.45, 2.75) is 0 Å². The predicted molar refractivity (Wildman–Crippen MR) is 81.0 cm³/mol. The van der Waals surface area contributed by atoms with Gasteiger partial charge in [-0.25, -0.2) is 4.79 Å². The summed E-state index contributed by atoms with van der Waals surface area (Å²) in [6.45, 7) is 0. The van der Waals surface area contributed by atoms with Gasteiger partial charge < -0.3 is 24.2 Å². The quantitative estimate of drug-likeness (QED) is 0.336. The summed E-state index contributed by atoms with van der Waals surface area (Å²) in [5.74, 6) is -1.18. The van der Waals surface area contributed by atoms with E-state index in [4.69, 9.17) is 8.83 Å². The molecular formula is C16H8O7. The number of phenolic OH excluding ortho intramolecular Hbond substituents is 2. The maximum absolute atomic E-state index is 12.1. The van der Waals surface area contributed by atoms with Crippen LogP contribution in [-0.2, 0) is 0 Å². The second kappa shape index (κ2) is 4.26. The molecule has 2 aromatic carbocycles. The van der Waals surface area contributed by atoms with Crippen molar-refractivity contribution >= 4 is 32.7 Å². The summed E-state index contributed by atoms with van der Waals surface area (Å²) in [4.78, 5) is 23.6. The second-order valence-corrected chi connectivity index (χ2v) is 5.04. The molecular weight excluding hydrogens is 304 g/mol. The van der Waals surface area contributed by atoms with Crippen LogP contribution in [0.4, 0.5) is 0 Å². The lowest BCUT2D eigenvalue weighted by Crippen LogP contribution is -2.04. The molecule has 4 aromatic rings. The Hall–Kier alpha value is -3.48. The topological polar surface area (TPSA) is 121 Å². The van der Waals surface area contributed by atoms with Crippen LogP contribution in [-0.4, -0.2) is 15.3 Å². The highest BCUT2D eigenvalue weighted by Crippen LogP contribution is 2.39. The predicted octanol–water partition coefficient (Wildman–Crippen LogP) is 2.17. The van der Waals surface area contributed by atoms with Gasteiger partial charge in [-0.05, 0) is 18.2 Å². The molecule has 0 radical (unpaired) electrons. The average Bonchev–Trinajstić information content (AvgIpc) is 2.46. The van der Waals surface area contributed by atoms with Gasteiger partial charge in [-0.2, -0.15) is 0 Å². The zero-order valence-electron chi connectivity index (χ0n) is 11.4. The first-order valence-electron chi connectivity index (χ1n) is 6.54. The Kier molecular flexibility index (Phi) is 2.45. The van der Waals surface area contributed by atoms with E-state index in [0.29, 0.717) is 0 Å². The third-order valence-corrected chi connectivity index (χ3v) is 3.61. The van der Waals surface area contributed by atoms with Crippen LogP contribution in [0.3, 0.4) is 0 Å². The average molecular weight is 312 g/mol. The fourth-order valence-electron chi connectivity index (χ4n) is 2.71. The van der Waals surface area contributed by atoms with Gasteiger partial charge in [0.15, 0.2) is 5.43 Å². The van der Waals surface area contributed by atoms with Gasteiger partial charge in [0.2, 0.25) is 0 Å². The van der Waals surface area contributed by atoms with E-state index in [1.807, 2.05) is 0 Å². The van der Waals surface area contributed by atoms with Gasteiger partial charge in [-0.3, -0.25) is 4.79 Å². The maximum atomic E-state index is 12.1. The van der Waals surface area contributed by atoms with Crippen LogP contribution in [0.5, 0.6) is 17.4 Å². The smallest absolute Gasteiger partial charge is 0.351 e. The molecule has 0 unspecified atom stereocenters. The molecule has 0 aliphatic heterocycles. The van der Waals surface area contributed by atoms with Crippen LogP contribution in [0.2, 0.25) is 0 Å². The van der Waals surface area contributed by atoms with Gasteiger partial charge in [-0.15, -0.1) is 0 Å². The van der Waals surface area contributed by atoms with Crippen molar-refractivity contribution in [3.8, 4) is 17.4 Å². The van der Waals surface area contributed by atoms with Crippen LogP contribution in [0.1, 0.15) is 0 Å². The van der Waals surface area contributed by atoms with Gasteiger partial charge in [0.05, 0.1) is 5.39 Å². The van der Waals surface area contributed by atoms with Crippen LogP contribution >= 0.6 is 0 Å². The van der Waals surface area contributed by atoms with E-state index >= 15 is 0 Å². The highest BCUT2D eigenvalue weighted by Gasteiger charge is 2.20. The van der Waals surface area contributed by atoms with Crippen LogP contribution in [0.25, 0.3) is 32.7 Å². The minimum atomic E-state index is -0.927. The molecule has 0 fully saturated rings. The second-order valence-electron chi connectivity index (χ2n) is 5.04. The zero-order chi connectivity index (χ0) is 16.3. The van der Waals surface area contributed by atoms with Crippen LogP contribution in [0, 0.1) is 0 Å². The lowest BCUT2D eigenvalue weighted by Gasteiger charge is -2.08. The molecule has 3 N–H and O–H groups in total. The van der Waals surface area contributed by atoms with Gasteiger partial charge in [0, 0.05) is 22.9 Å². The highest BCUT2D eigenvalue weighted by atomic mass is 16.5. The van der Waals surface area contributed by atoms with Crippen LogP contribution < -0.4 is 11.1 Å². The first-order chi connectivity index (χ1) is 11.0. The number of hydrogen-bond acceptors (Lipinski definition) is 7. The van der Waals surface area contributed by atoms with Crippen LogP contribution in [0.15, 0.2) is 48.8 Å². The van der Waals surface area contributed by atoms with Crippen molar-refractivity contribution in [3.63, 3.8) is 0 Å². The number of phenols is 2. The molecule has 7 nitrogen and oxygen atoms in total. The Morgan fingerprint density at radius 2 is 1.57 bits per heavy atom. The Morgan fingerprint density at radius 1 is 0.783 bits per heavy atom. The van der Waals surface area contributed by atoms with Crippen molar-refractivity contribution in [1.29, 1.82) is 0 Å². The SMILES string of the molecule is O=c1cc(O)c2c(c1)oc(=O)c1c(O)oc3ccc(O)cc3c12. The molecule has 0 amide bonds. The summed E-state index contributed by atoms with van der Waals surface area (Å²) in [5.41, 5.74) is -1.40. The summed E-state index contributed by atoms with van der Waals surface area (Å²) in [6.07, 6.45) is 0. The standard InChI is InChI=1S/C16H8O7/c17-6-1-2-10-8(3-6)12-13-9(19)4-7(18)5-11(13)23-16(21)14(12)15(20)22-10/h1-5,17,19-20H. The monoisotopic (exact) mass is 312 g/mol. The van der Waals surface area contributed by atoms with E-state index in [1.54, 1.807) is 0 Å². The molecule has 2 heterocycles. The molecule has 0 atom stereocenters. The number of rotatable bonds is 0. The van der Waals surface area contributed by atoms with Gasteiger partial charge in [-0.1, -0.05) is 0 Å². The third kappa shape index (κ3) is 1.76. The van der Waals surface area contributed by atoms with Crippen molar-refractivity contribution in [2.75, 3.05) is 0 Å². The lowest BCUT2D eigenvalue weighted by atomic mass is 10.0. The van der Waals surface area contributed by atoms with E-state index in [1.165, 1.54) is 18.2 Å². The van der Waals surface area contributed by atoms with E-state index in [-0.39, 0.29) is 38.5 Å². The first-order valence-corrected chi connectivity index (χ1v) is 6.54. The normalized spacial score (nSPS) is 11.5. The lowest BCUT2D eigenvalue weighted by molar-refractivity contribution is 0.345. The fraction of sp³-hybridized carbons (Fsp3) is 0. The Bertz CT molecular complexity index is 1230. The van der Waals surface area contributed by atoms with E-state index in [9.17, 15) is 24.9 Å². The molecule has 7 heteroatoms. The molecule has 0 aliphatic carbocycles. The molecule has 4 rings (SSSR count). The number of hydrogen-bond donors (Lipinski definition) is 3. The minimum absolute atomic E-state index is 0.0703. The van der Waals surface area contributed by atoms with Crippen molar-refractivity contribution in [2.24, 2.45) is 0 Å². The third-order valence-electron chi connectivity index (χ3n) is 3.61. The van der Waals surface area contributed by atoms with E-state index in [0.717, 1.165) is 12.1 Å². The molecule has 2 aromatic heterocycles. The molecule has 114 valence electrons. The molecule has 0 spiro atoms. The van der Waals surface area contributed by atoms with E-state index in [2.05, 4.69) is 0 Å². The Balaban J connectivity index is 2.48. The largest absolute Gasteiger partial charge is 0.508 e. The van der Waals surface area contributed by atoms with Gasteiger partial charge in [0.25, 0.3) is 5.95 Å². The van der Waals surface area contributed by atoms with Gasteiger partial charge >= 0.3 is 5.63 Å². The minimum Gasteiger partial charge on any atom is -0.508 e. The summed E-state index contributed by atoms with van der Waals surface area (Å²) < 4.78 is 10.2. The maximum Gasteiger partial charge on any atom is 0.351 e. The summed E-state index contributed by atoms with van der Waals surface area (Å²) in [7, 11) is 0. The zero-order valence-corrected chi connectivity index (χ0v) is 11.4. The first kappa shape index (κ1) is 13.2. The van der Waals surface area contributed by atoms with Crippen molar-refractivity contribution < 1.29 is 24.2 Å². The summed E-state index contributed by atoms with van der Waals surface area (Å²) in [6, 6.07) is 6.11. The van der Waals surface area contributed by atoms with Crippen molar-refractivity contribution in [3.05, 3.63) is 51.0 Å². The number of fused-ring (bicyclic) bond motifs is 5. The fourth-order valence-corrected chi connectivity index (χ4v) is 2.71. The summed E-state index contributed by atoms with van der Waals surface area (Å²) >= 11 is 0. The molecule has 0 aliphatic rings.